The number of hydrogen-bond acceptors (Lipinski definition) is 3. The standard InChI is InChI=1S/C17H18ClFN2O3S/c1-3-15(17(22)20-16-9-4-12(18)10-11(16)2)21-25(23,24)14-7-5-13(19)6-8-14/h4-10,15,21H,3H2,1-2H3,(H,20,22). The number of anilines is 1. The lowest BCUT2D eigenvalue weighted by atomic mass is 10.1. The number of aryl methyl sites for hydroxylation is 1. The molecule has 0 aliphatic rings. The lowest BCUT2D eigenvalue weighted by Gasteiger charge is -2.18. The minimum absolute atomic E-state index is 0.108. The van der Waals surface area contributed by atoms with Crippen LogP contribution in [0, 0.1) is 12.7 Å². The van der Waals surface area contributed by atoms with Crippen LogP contribution in [0.1, 0.15) is 18.9 Å². The average Bonchev–Trinajstić information content (AvgIpc) is 2.55. The Kier molecular flexibility index (Phi) is 6.16. The molecule has 0 spiro atoms. The van der Waals surface area contributed by atoms with Crippen molar-refractivity contribution < 1.29 is 17.6 Å². The van der Waals surface area contributed by atoms with Crippen molar-refractivity contribution in [3.63, 3.8) is 0 Å². The van der Waals surface area contributed by atoms with Gasteiger partial charge in [-0.3, -0.25) is 4.79 Å². The van der Waals surface area contributed by atoms with Crippen LogP contribution in [-0.2, 0) is 14.8 Å². The number of nitrogens with one attached hydrogen (secondary N) is 2. The van der Waals surface area contributed by atoms with E-state index >= 15 is 0 Å². The maximum Gasteiger partial charge on any atom is 0.242 e. The molecule has 0 fully saturated rings. The minimum atomic E-state index is -3.94. The molecule has 2 rings (SSSR count). The third-order valence-electron chi connectivity index (χ3n) is 3.59. The van der Waals surface area contributed by atoms with Gasteiger partial charge in [-0.15, -0.1) is 0 Å². The predicted molar refractivity (Wildman–Crippen MR) is 95.6 cm³/mol. The summed E-state index contributed by atoms with van der Waals surface area (Å²) >= 11 is 5.88. The van der Waals surface area contributed by atoms with Crippen LogP contribution >= 0.6 is 11.6 Å². The van der Waals surface area contributed by atoms with Crippen LogP contribution in [0.3, 0.4) is 0 Å². The van der Waals surface area contributed by atoms with Gasteiger partial charge in [-0.25, -0.2) is 12.8 Å². The van der Waals surface area contributed by atoms with Crippen molar-refractivity contribution in [3.8, 4) is 0 Å². The van der Waals surface area contributed by atoms with Crippen molar-refractivity contribution in [1.82, 2.24) is 4.72 Å². The van der Waals surface area contributed by atoms with E-state index in [-0.39, 0.29) is 11.3 Å². The summed E-state index contributed by atoms with van der Waals surface area (Å²) in [7, 11) is -3.94. The molecule has 0 saturated heterocycles. The normalized spacial score (nSPS) is 12.6. The quantitative estimate of drug-likeness (QED) is 0.800. The zero-order valence-corrected chi connectivity index (χ0v) is 15.3. The average molecular weight is 385 g/mol. The lowest BCUT2D eigenvalue weighted by Crippen LogP contribution is -2.43. The van der Waals surface area contributed by atoms with Crippen molar-refractivity contribution in [2.45, 2.75) is 31.2 Å². The molecule has 0 bridgehead atoms. The molecule has 0 saturated carbocycles. The molecule has 2 aromatic rings. The Morgan fingerprint density at radius 1 is 1.20 bits per heavy atom. The van der Waals surface area contributed by atoms with Crippen LogP contribution in [0.15, 0.2) is 47.4 Å². The Hall–Kier alpha value is -1.96. The fourth-order valence-corrected chi connectivity index (χ4v) is 3.68. The Balaban J connectivity index is 2.15. The second kappa shape index (κ2) is 7.95. The highest BCUT2D eigenvalue weighted by Gasteiger charge is 2.24. The SMILES string of the molecule is CCC(NS(=O)(=O)c1ccc(F)cc1)C(=O)Nc1ccc(Cl)cc1C. The number of carbonyl (C=O) groups excluding carboxylic acids is 1. The van der Waals surface area contributed by atoms with Crippen LogP contribution in [0.4, 0.5) is 10.1 Å². The van der Waals surface area contributed by atoms with Gasteiger partial charge in [0.2, 0.25) is 15.9 Å². The highest BCUT2D eigenvalue weighted by molar-refractivity contribution is 7.89. The molecule has 0 aliphatic carbocycles. The number of halogens is 2. The van der Waals surface area contributed by atoms with E-state index in [0.29, 0.717) is 10.7 Å². The van der Waals surface area contributed by atoms with Crippen molar-refractivity contribution in [3.05, 3.63) is 58.9 Å². The van der Waals surface area contributed by atoms with Crippen LogP contribution in [0.5, 0.6) is 0 Å². The summed E-state index contributed by atoms with van der Waals surface area (Å²) in [5.74, 6) is -1.03. The first-order valence-electron chi connectivity index (χ1n) is 7.58. The summed E-state index contributed by atoms with van der Waals surface area (Å²) in [6.45, 7) is 3.47. The summed E-state index contributed by atoms with van der Waals surface area (Å²) < 4.78 is 40.0. The van der Waals surface area contributed by atoms with Gasteiger partial charge in [0.05, 0.1) is 4.90 Å². The highest BCUT2D eigenvalue weighted by Crippen LogP contribution is 2.20. The van der Waals surface area contributed by atoms with Gasteiger partial charge in [0, 0.05) is 10.7 Å². The molecule has 8 heteroatoms. The molecule has 0 heterocycles. The molecule has 0 aliphatic heterocycles. The van der Waals surface area contributed by atoms with Gasteiger partial charge in [0.15, 0.2) is 0 Å². The number of carbonyl (C=O) groups is 1. The van der Waals surface area contributed by atoms with Crippen LogP contribution in [0.2, 0.25) is 5.02 Å². The molecular weight excluding hydrogens is 367 g/mol. The van der Waals surface area contributed by atoms with Crippen LogP contribution in [0.25, 0.3) is 0 Å². The summed E-state index contributed by atoms with van der Waals surface area (Å²) in [4.78, 5) is 12.3. The number of benzene rings is 2. The first-order valence-corrected chi connectivity index (χ1v) is 9.44. The lowest BCUT2D eigenvalue weighted by molar-refractivity contribution is -0.117. The van der Waals surface area contributed by atoms with Gasteiger partial charge in [-0.1, -0.05) is 18.5 Å². The topological polar surface area (TPSA) is 75.3 Å². The number of sulfonamides is 1. The van der Waals surface area contributed by atoms with Crippen molar-refractivity contribution in [2.75, 3.05) is 5.32 Å². The Bertz CT molecular complexity index is 870. The summed E-state index contributed by atoms with van der Waals surface area (Å²) in [5.41, 5.74) is 1.31. The maximum atomic E-state index is 13.0. The first-order chi connectivity index (χ1) is 11.7. The molecule has 2 aromatic carbocycles. The molecule has 0 aromatic heterocycles. The summed E-state index contributed by atoms with van der Waals surface area (Å²) in [6, 6.07) is 8.40. The van der Waals surface area contributed by atoms with E-state index in [1.165, 1.54) is 0 Å². The molecule has 0 radical (unpaired) electrons. The van der Waals surface area contributed by atoms with Gasteiger partial charge in [0.1, 0.15) is 11.9 Å². The monoisotopic (exact) mass is 384 g/mol. The van der Waals surface area contributed by atoms with E-state index in [2.05, 4.69) is 10.0 Å². The smallest absolute Gasteiger partial charge is 0.242 e. The van der Waals surface area contributed by atoms with E-state index < -0.39 is 27.8 Å². The molecule has 5 nitrogen and oxygen atoms in total. The third kappa shape index (κ3) is 5.01. The predicted octanol–water partition coefficient (Wildman–Crippen LogP) is 3.48. The molecule has 25 heavy (non-hydrogen) atoms. The van der Waals surface area contributed by atoms with Gasteiger partial charge in [-0.05, 0) is 61.4 Å². The first kappa shape index (κ1) is 19.4. The number of rotatable bonds is 6. The molecule has 1 amide bonds. The largest absolute Gasteiger partial charge is 0.324 e. The van der Waals surface area contributed by atoms with E-state index in [4.69, 9.17) is 11.6 Å². The molecule has 134 valence electrons. The molecule has 2 N–H and O–H groups in total. The number of hydrogen-bond donors (Lipinski definition) is 2. The van der Waals surface area contributed by atoms with Gasteiger partial charge in [-0.2, -0.15) is 4.72 Å². The van der Waals surface area contributed by atoms with Gasteiger partial charge < -0.3 is 5.32 Å². The second-order valence-corrected chi connectivity index (χ2v) is 7.63. The Labute approximate surface area is 151 Å². The maximum absolute atomic E-state index is 13.0. The van der Waals surface area contributed by atoms with E-state index in [0.717, 1.165) is 29.8 Å². The highest BCUT2D eigenvalue weighted by atomic mass is 35.5. The zero-order chi connectivity index (χ0) is 18.6. The summed E-state index contributed by atoms with van der Waals surface area (Å²) in [5, 5.41) is 3.23. The number of amides is 1. The second-order valence-electron chi connectivity index (χ2n) is 5.48. The van der Waals surface area contributed by atoms with Crippen molar-refractivity contribution >= 4 is 33.2 Å². The van der Waals surface area contributed by atoms with Crippen molar-refractivity contribution in [2.24, 2.45) is 0 Å². The third-order valence-corrected chi connectivity index (χ3v) is 5.32. The Morgan fingerprint density at radius 2 is 1.84 bits per heavy atom. The van der Waals surface area contributed by atoms with Crippen LogP contribution in [-0.4, -0.2) is 20.4 Å². The molecule has 1 atom stereocenters. The Morgan fingerprint density at radius 3 is 2.40 bits per heavy atom. The van der Waals surface area contributed by atoms with Gasteiger partial charge in [0.25, 0.3) is 0 Å². The minimum Gasteiger partial charge on any atom is -0.324 e. The summed E-state index contributed by atoms with van der Waals surface area (Å²) in [6.07, 6.45) is 0.249. The molecule has 1 unspecified atom stereocenters. The fourth-order valence-electron chi connectivity index (χ4n) is 2.18. The van der Waals surface area contributed by atoms with Gasteiger partial charge >= 0.3 is 0 Å². The van der Waals surface area contributed by atoms with E-state index in [9.17, 15) is 17.6 Å². The van der Waals surface area contributed by atoms with E-state index in [1.54, 1.807) is 32.0 Å². The van der Waals surface area contributed by atoms with Crippen LogP contribution < -0.4 is 10.0 Å². The zero-order valence-electron chi connectivity index (χ0n) is 13.7. The van der Waals surface area contributed by atoms with E-state index in [1.807, 2.05) is 0 Å². The van der Waals surface area contributed by atoms with Crippen molar-refractivity contribution in [1.29, 1.82) is 0 Å². The molecular formula is C17H18ClFN2O3S. The fraction of sp³-hybridized carbons (Fsp3) is 0.235.